The first kappa shape index (κ1) is 23.3. The molecule has 2 aromatic rings. The predicted octanol–water partition coefficient (Wildman–Crippen LogP) is 4.82. The lowest BCUT2D eigenvalue weighted by molar-refractivity contribution is -0.138. The van der Waals surface area contributed by atoms with Crippen molar-refractivity contribution in [2.24, 2.45) is 0 Å². The van der Waals surface area contributed by atoms with Gasteiger partial charge in [-0.2, -0.15) is 0 Å². The Balaban J connectivity index is 2.09. The van der Waals surface area contributed by atoms with Crippen molar-refractivity contribution in [3.05, 3.63) is 70.2 Å². The van der Waals surface area contributed by atoms with Gasteiger partial charge in [-0.25, -0.2) is 0 Å². The van der Waals surface area contributed by atoms with Crippen LogP contribution in [0.5, 0.6) is 0 Å². The van der Waals surface area contributed by atoms with Crippen molar-refractivity contribution >= 4 is 35.2 Å². The summed E-state index contributed by atoms with van der Waals surface area (Å²) in [5, 5.41) is 3.49. The minimum Gasteiger partial charge on any atom is -0.352 e. The third-order valence-electron chi connectivity index (χ3n) is 4.47. The second-order valence-corrected chi connectivity index (χ2v) is 8.83. The maximum atomic E-state index is 13.0. The topological polar surface area (TPSA) is 49.4 Å². The van der Waals surface area contributed by atoms with E-state index in [0.717, 1.165) is 11.3 Å². The van der Waals surface area contributed by atoms with E-state index in [4.69, 9.17) is 11.6 Å². The number of carbonyl (C=O) groups excluding carboxylic acids is 2. The number of halogens is 1. The fourth-order valence-electron chi connectivity index (χ4n) is 2.94. The lowest BCUT2D eigenvalue weighted by Gasteiger charge is -2.29. The Morgan fingerprint density at radius 2 is 1.83 bits per heavy atom. The molecule has 0 saturated carbocycles. The van der Waals surface area contributed by atoms with Gasteiger partial charge in [0, 0.05) is 23.4 Å². The van der Waals surface area contributed by atoms with E-state index in [1.165, 1.54) is 11.1 Å². The van der Waals surface area contributed by atoms with Gasteiger partial charge in [-0.05, 0) is 44.9 Å². The Morgan fingerprint density at radius 3 is 2.48 bits per heavy atom. The van der Waals surface area contributed by atoms with Crippen LogP contribution in [0, 0.1) is 6.92 Å². The molecule has 2 rings (SSSR count). The van der Waals surface area contributed by atoms with Crippen LogP contribution in [0.4, 0.5) is 0 Å². The maximum Gasteiger partial charge on any atom is 0.242 e. The van der Waals surface area contributed by atoms with Gasteiger partial charge in [0.15, 0.2) is 0 Å². The smallest absolute Gasteiger partial charge is 0.242 e. The van der Waals surface area contributed by atoms with E-state index in [9.17, 15) is 9.59 Å². The van der Waals surface area contributed by atoms with E-state index in [0.29, 0.717) is 17.3 Å². The third kappa shape index (κ3) is 7.41. The minimum absolute atomic E-state index is 0.0120. The highest BCUT2D eigenvalue weighted by atomic mass is 35.5. The summed E-state index contributed by atoms with van der Waals surface area (Å²) < 4.78 is 0. The van der Waals surface area contributed by atoms with Gasteiger partial charge < -0.3 is 10.2 Å². The number of nitrogens with one attached hydrogen (secondary N) is 1. The van der Waals surface area contributed by atoms with Crippen LogP contribution in [0.1, 0.15) is 37.5 Å². The van der Waals surface area contributed by atoms with E-state index in [2.05, 4.69) is 30.4 Å². The Bertz CT molecular complexity index is 841. The number of carbonyl (C=O) groups is 2. The van der Waals surface area contributed by atoms with Gasteiger partial charge in [0.1, 0.15) is 6.04 Å². The molecule has 2 aromatic carbocycles. The molecule has 4 nitrogen and oxygen atoms in total. The summed E-state index contributed by atoms with van der Waals surface area (Å²) in [6.45, 7) is 7.93. The summed E-state index contributed by atoms with van der Waals surface area (Å²) in [5.74, 6) is 0.815. The van der Waals surface area contributed by atoms with Gasteiger partial charge in [0.05, 0.1) is 5.75 Å². The largest absolute Gasteiger partial charge is 0.352 e. The molecule has 29 heavy (non-hydrogen) atoms. The van der Waals surface area contributed by atoms with Crippen LogP contribution in [0.15, 0.2) is 48.5 Å². The first-order chi connectivity index (χ1) is 13.8. The minimum atomic E-state index is -0.583. The number of benzene rings is 2. The van der Waals surface area contributed by atoms with Gasteiger partial charge >= 0.3 is 0 Å². The van der Waals surface area contributed by atoms with Gasteiger partial charge in [-0.1, -0.05) is 59.6 Å². The van der Waals surface area contributed by atoms with Crippen LogP contribution in [0.3, 0.4) is 0 Å². The van der Waals surface area contributed by atoms with Crippen LogP contribution >= 0.6 is 23.4 Å². The number of rotatable bonds is 9. The van der Waals surface area contributed by atoms with Crippen molar-refractivity contribution in [2.75, 3.05) is 5.75 Å². The van der Waals surface area contributed by atoms with Crippen molar-refractivity contribution in [3.8, 4) is 0 Å². The highest BCUT2D eigenvalue weighted by Gasteiger charge is 2.26. The molecule has 2 amide bonds. The lowest BCUT2D eigenvalue weighted by Crippen LogP contribution is -2.49. The molecule has 0 heterocycles. The van der Waals surface area contributed by atoms with Gasteiger partial charge in [-0.15, -0.1) is 11.8 Å². The summed E-state index contributed by atoms with van der Waals surface area (Å²) in [4.78, 5) is 27.2. The molecule has 1 atom stereocenters. The normalized spacial score (nSPS) is 11.9. The summed E-state index contributed by atoms with van der Waals surface area (Å²) in [6, 6.07) is 15.1. The fraction of sp³-hybridized carbons (Fsp3) is 0.391. The van der Waals surface area contributed by atoms with E-state index in [1.807, 2.05) is 38.1 Å². The molecule has 0 bridgehead atoms. The third-order valence-corrected chi connectivity index (χ3v) is 5.83. The molecule has 0 spiro atoms. The molecule has 1 N–H and O–H groups in total. The average Bonchev–Trinajstić information content (AvgIpc) is 2.66. The van der Waals surface area contributed by atoms with Gasteiger partial charge in [-0.3, -0.25) is 9.59 Å². The van der Waals surface area contributed by atoms with Crippen LogP contribution in [-0.2, 0) is 21.9 Å². The lowest BCUT2D eigenvalue weighted by atomic mass is 10.1. The molecule has 0 radical (unpaired) electrons. The van der Waals surface area contributed by atoms with E-state index >= 15 is 0 Å². The molecular formula is C23H29ClN2O2S. The van der Waals surface area contributed by atoms with E-state index in [1.54, 1.807) is 29.7 Å². The van der Waals surface area contributed by atoms with Gasteiger partial charge in [0.25, 0.3) is 0 Å². The zero-order chi connectivity index (χ0) is 21.4. The average molecular weight is 433 g/mol. The number of aryl methyl sites for hydroxylation is 1. The van der Waals surface area contributed by atoms with Crippen LogP contribution in [-0.4, -0.2) is 34.6 Å². The SMILES string of the molecule is Cc1cccc(CSCC(=O)N(Cc2ccccc2Cl)C(C)C(=O)NC(C)C)c1. The standard InChI is InChI=1S/C23H29ClN2O2S/c1-16(2)25-23(28)18(4)26(13-20-10-5-6-11-21(20)24)22(27)15-29-14-19-9-7-8-17(3)12-19/h5-12,16,18H,13-15H2,1-4H3,(H,25,28). The van der Waals surface area contributed by atoms with E-state index in [-0.39, 0.29) is 17.9 Å². The molecule has 0 fully saturated rings. The number of thioether (sulfide) groups is 1. The van der Waals surface area contributed by atoms with Crippen molar-refractivity contribution in [2.45, 2.75) is 52.1 Å². The Kier molecular flexibility index (Phi) is 9.05. The molecular weight excluding hydrogens is 404 g/mol. The summed E-state index contributed by atoms with van der Waals surface area (Å²) in [5.41, 5.74) is 3.22. The second kappa shape index (κ2) is 11.3. The monoisotopic (exact) mass is 432 g/mol. The highest BCUT2D eigenvalue weighted by Crippen LogP contribution is 2.20. The molecule has 156 valence electrons. The molecule has 0 aromatic heterocycles. The molecule has 0 saturated heterocycles. The fourth-order valence-corrected chi connectivity index (χ4v) is 3.99. The molecule has 0 aliphatic carbocycles. The first-order valence-electron chi connectivity index (χ1n) is 9.74. The van der Waals surface area contributed by atoms with E-state index < -0.39 is 6.04 Å². The Morgan fingerprint density at radius 1 is 1.10 bits per heavy atom. The first-order valence-corrected chi connectivity index (χ1v) is 11.3. The van der Waals surface area contributed by atoms with Crippen molar-refractivity contribution in [1.29, 1.82) is 0 Å². The van der Waals surface area contributed by atoms with Crippen molar-refractivity contribution in [3.63, 3.8) is 0 Å². The number of hydrogen-bond donors (Lipinski definition) is 1. The zero-order valence-corrected chi connectivity index (χ0v) is 19.0. The molecule has 6 heteroatoms. The zero-order valence-electron chi connectivity index (χ0n) is 17.4. The van der Waals surface area contributed by atoms with Crippen molar-refractivity contribution < 1.29 is 9.59 Å². The summed E-state index contributed by atoms with van der Waals surface area (Å²) >= 11 is 7.85. The summed E-state index contributed by atoms with van der Waals surface area (Å²) in [7, 11) is 0. The number of amides is 2. The Hall–Kier alpha value is -1.98. The van der Waals surface area contributed by atoms with Crippen LogP contribution < -0.4 is 5.32 Å². The highest BCUT2D eigenvalue weighted by molar-refractivity contribution is 7.99. The molecule has 0 aliphatic heterocycles. The molecule has 1 unspecified atom stereocenters. The summed E-state index contributed by atoms with van der Waals surface area (Å²) in [6.07, 6.45) is 0. The van der Waals surface area contributed by atoms with Crippen LogP contribution in [0.2, 0.25) is 5.02 Å². The van der Waals surface area contributed by atoms with Gasteiger partial charge in [0.2, 0.25) is 11.8 Å². The van der Waals surface area contributed by atoms with Crippen molar-refractivity contribution in [1.82, 2.24) is 10.2 Å². The maximum absolute atomic E-state index is 13.0. The number of hydrogen-bond acceptors (Lipinski definition) is 3. The number of nitrogens with zero attached hydrogens (tertiary/aromatic N) is 1. The van der Waals surface area contributed by atoms with Crippen LogP contribution in [0.25, 0.3) is 0 Å². The Labute approximate surface area is 183 Å². The second-order valence-electron chi connectivity index (χ2n) is 7.43. The predicted molar refractivity (Wildman–Crippen MR) is 122 cm³/mol. The molecule has 0 aliphatic rings. The quantitative estimate of drug-likeness (QED) is 0.617.